The predicted molar refractivity (Wildman–Crippen MR) is 239 cm³/mol. The number of aryl methyl sites for hydroxylation is 2. The Balaban J connectivity index is 0.000000164. The molecule has 0 atom stereocenters. The van der Waals surface area contributed by atoms with Gasteiger partial charge in [-0.15, -0.1) is 39.7 Å². The second-order valence-electron chi connectivity index (χ2n) is 16.1. The maximum Gasteiger partial charge on any atom is -0.172 e. The van der Waals surface area contributed by atoms with Crippen LogP contribution in [0, 0.1) is 13.8 Å². The third-order valence-electron chi connectivity index (χ3n) is 9.95. The van der Waals surface area contributed by atoms with E-state index in [4.69, 9.17) is 40.2 Å². The molecule has 8 aromatic carbocycles. The molecule has 0 heterocycles. The molecule has 0 amide bonds. The molecule has 0 radical (unpaired) electrons. The quantitative estimate of drug-likeness (QED) is 0.152. The zero-order valence-corrected chi connectivity index (χ0v) is 37.7. The number of hydrogen-bond donors (Lipinski definition) is 0. The van der Waals surface area contributed by atoms with Crippen molar-refractivity contribution in [3.8, 4) is 0 Å². The van der Waals surface area contributed by atoms with Crippen LogP contribution in [0.5, 0.6) is 0 Å². The van der Waals surface area contributed by atoms with Crippen LogP contribution < -0.4 is 0 Å². The van der Waals surface area contributed by atoms with Gasteiger partial charge < -0.3 is 0 Å². The first-order chi connectivity index (χ1) is 25.5. The van der Waals surface area contributed by atoms with Crippen molar-refractivity contribution in [3.63, 3.8) is 0 Å². The second kappa shape index (κ2) is 16.6. The number of benzene rings is 6. The van der Waals surface area contributed by atoms with Crippen LogP contribution in [-0.2, 0) is 29.7 Å². The molecule has 0 spiro atoms. The Hall–Kier alpha value is -3.03. The minimum absolute atomic E-state index is 0.180. The zero-order chi connectivity index (χ0) is 38.9. The van der Waals surface area contributed by atoms with E-state index in [1.54, 1.807) is 0 Å². The van der Waals surface area contributed by atoms with Crippen LogP contribution in [-0.4, -0.2) is 3.21 Å². The Kier molecular flexibility index (Phi) is 12.5. The third kappa shape index (κ3) is 8.99. The maximum atomic E-state index is 6.66. The monoisotopic (exact) mass is 864 g/mol. The Morgan fingerprint density at radius 2 is 0.926 bits per heavy atom. The minimum Gasteiger partial charge on any atom is -0.214 e. The van der Waals surface area contributed by atoms with Crippen molar-refractivity contribution in [1.82, 2.24) is 0 Å². The van der Waals surface area contributed by atoms with E-state index in [0.29, 0.717) is 10.0 Å². The summed E-state index contributed by atoms with van der Waals surface area (Å²) < 4.78 is 0.994. The normalized spacial score (nSPS) is 11.7. The molecule has 0 aliphatic rings. The molecule has 8 rings (SSSR count). The number of rotatable bonds is 2. The molecule has 0 aromatic heterocycles. The summed E-state index contributed by atoms with van der Waals surface area (Å²) in [7, 11) is 13.3. The summed E-state index contributed by atoms with van der Waals surface area (Å²) in [6.45, 7) is 18.3. The topological polar surface area (TPSA) is 0 Å². The van der Waals surface area contributed by atoms with E-state index in [9.17, 15) is 0 Å². The molecule has 276 valence electrons. The van der Waals surface area contributed by atoms with Crippen LogP contribution in [0.25, 0.3) is 43.1 Å². The molecular formula is C49H46Cl4Zr-2. The molecule has 0 N–H and O–H groups in total. The zero-order valence-electron chi connectivity index (χ0n) is 32.2. The Bertz CT molecular complexity index is 2440. The Morgan fingerprint density at radius 3 is 1.28 bits per heavy atom. The van der Waals surface area contributed by atoms with E-state index in [1.165, 1.54) is 43.8 Å². The van der Waals surface area contributed by atoms with E-state index < -0.39 is 18.9 Å². The van der Waals surface area contributed by atoms with Crippen molar-refractivity contribution >= 4 is 86.5 Å². The molecule has 0 bridgehead atoms. The molecule has 0 nitrogen and oxygen atoms in total. The molecule has 0 saturated heterocycles. The molecule has 0 aliphatic heterocycles. The molecule has 8 aromatic rings. The van der Waals surface area contributed by atoms with Gasteiger partial charge in [0.25, 0.3) is 0 Å². The molecule has 0 saturated carbocycles. The summed E-state index contributed by atoms with van der Waals surface area (Å²) in [4.78, 5) is 0. The fraction of sp³-hybridized carbons (Fsp3) is 0.204. The van der Waals surface area contributed by atoms with Crippen molar-refractivity contribution in [2.75, 3.05) is 0 Å². The fourth-order valence-electron chi connectivity index (χ4n) is 7.58. The van der Waals surface area contributed by atoms with Gasteiger partial charge in [-0.25, -0.2) is 12.1 Å². The number of halogens is 4. The van der Waals surface area contributed by atoms with Crippen LogP contribution in [0.15, 0.2) is 133 Å². The van der Waals surface area contributed by atoms with Crippen LogP contribution in [0.4, 0.5) is 0 Å². The van der Waals surface area contributed by atoms with Gasteiger partial charge in [0.2, 0.25) is 0 Å². The van der Waals surface area contributed by atoms with Gasteiger partial charge >= 0.3 is 178 Å². The third-order valence-corrected chi connectivity index (χ3v) is 14.9. The Labute approximate surface area is 345 Å². The van der Waals surface area contributed by atoms with Gasteiger partial charge in [-0.2, -0.15) is 18.2 Å². The smallest absolute Gasteiger partial charge is 0.172 e. The molecule has 0 fully saturated rings. The van der Waals surface area contributed by atoms with Crippen molar-refractivity contribution < 1.29 is 18.9 Å². The summed E-state index contributed by atoms with van der Waals surface area (Å²) in [6.07, 6.45) is 0. The van der Waals surface area contributed by atoms with Crippen molar-refractivity contribution in [2.24, 2.45) is 0 Å². The number of fused-ring (bicyclic) bond motifs is 5. The fourth-order valence-corrected chi connectivity index (χ4v) is 12.5. The van der Waals surface area contributed by atoms with E-state index >= 15 is 0 Å². The van der Waals surface area contributed by atoms with Gasteiger partial charge in [0.15, 0.2) is 0 Å². The summed E-state index contributed by atoms with van der Waals surface area (Å²) in [5.74, 6) is 0. The van der Waals surface area contributed by atoms with Crippen molar-refractivity contribution in [3.05, 3.63) is 177 Å². The summed E-state index contributed by atoms with van der Waals surface area (Å²) >= 11 is 9.93. The van der Waals surface area contributed by atoms with E-state index in [1.807, 2.05) is 91.0 Å². The molecule has 0 aliphatic carbocycles. The summed E-state index contributed by atoms with van der Waals surface area (Å²) in [5, 5.41) is 11.2. The van der Waals surface area contributed by atoms with Crippen molar-refractivity contribution in [1.29, 1.82) is 0 Å². The maximum absolute atomic E-state index is 6.66. The first-order valence-corrected chi connectivity index (χ1v) is 26.6. The van der Waals surface area contributed by atoms with Gasteiger partial charge in [-0.3, -0.25) is 0 Å². The average molecular weight is 868 g/mol. The number of hydrogen-bond acceptors (Lipinski definition) is 0. The van der Waals surface area contributed by atoms with E-state index in [-0.39, 0.29) is 10.8 Å². The molecule has 5 heteroatoms. The predicted octanol–water partition coefficient (Wildman–Crippen LogP) is 16.1. The van der Waals surface area contributed by atoms with Crippen molar-refractivity contribution in [2.45, 2.75) is 66.2 Å². The molecular weight excluding hydrogens is 822 g/mol. The first kappa shape index (κ1) is 40.6. The minimum atomic E-state index is -2.88. The summed E-state index contributed by atoms with van der Waals surface area (Å²) in [5.41, 5.74) is 8.06. The standard InChI is InChI=1S/C23H29.C21H12Cl2.C5H5.2ClH.Zr/c1-14-9-16-11-17-10-15(2)21(23(6,7)8)13-19(17)18(16)12-20(14)22(3,4)5;22-18-10-14-5-1-3-7-20(14)16(12-18)9-17-13-19(23)11-15-6-2-4-8-21(15)17;1-2-4-5-3-1;;;/h9-13H,1-8H3;1-8,10-13H;1-5H;2*1H;/q-1;;-1;;;+2/p-2. The SMILES string of the molecule is Cc1cc2[cH-]c3cc(C)c(C(C)(C)C)cc3c2cc1C(C)(C)C.Clc1cc([C](c2cc(Cl)cc3ccccc23)=[Zr]([Cl])[Cl])c2ccccc2c1.c1cc[cH-]c1. The van der Waals surface area contributed by atoms with Gasteiger partial charge in [0.05, 0.1) is 0 Å². The molecule has 54 heavy (non-hydrogen) atoms. The van der Waals surface area contributed by atoms with E-state index in [2.05, 4.69) is 97.9 Å². The molecule has 0 unspecified atom stereocenters. The largest absolute Gasteiger partial charge is 0.214 e. The van der Waals surface area contributed by atoms with Crippen LogP contribution >= 0.6 is 40.2 Å². The van der Waals surface area contributed by atoms with Gasteiger partial charge in [0.1, 0.15) is 0 Å². The van der Waals surface area contributed by atoms with Crippen LogP contribution in [0.1, 0.15) is 74.9 Å². The Morgan fingerprint density at radius 1 is 0.519 bits per heavy atom. The van der Waals surface area contributed by atoms with E-state index in [0.717, 1.165) is 35.9 Å². The van der Waals surface area contributed by atoms with Gasteiger partial charge in [0, 0.05) is 0 Å². The van der Waals surface area contributed by atoms with Crippen LogP contribution in [0.3, 0.4) is 0 Å². The first-order valence-electron chi connectivity index (χ1n) is 18.3. The second-order valence-corrected chi connectivity index (χ2v) is 25.1. The van der Waals surface area contributed by atoms with Gasteiger partial charge in [-0.05, 0) is 24.7 Å². The average Bonchev–Trinajstić information content (AvgIpc) is 3.78. The van der Waals surface area contributed by atoms with Gasteiger partial charge in [-0.1, -0.05) is 75.9 Å². The summed E-state index contributed by atoms with van der Waals surface area (Å²) in [6, 6.07) is 46.0. The van der Waals surface area contributed by atoms with Crippen LogP contribution in [0.2, 0.25) is 10.0 Å².